The van der Waals surface area contributed by atoms with Crippen molar-refractivity contribution in [2.24, 2.45) is 0 Å². The van der Waals surface area contributed by atoms with Crippen molar-refractivity contribution in [2.45, 2.75) is 33.6 Å². The first kappa shape index (κ1) is 10.2. The number of hydrogen-bond acceptors (Lipinski definition) is 0. The van der Waals surface area contributed by atoms with Crippen LogP contribution in [0.2, 0.25) is 0 Å². The standard InChI is InChI=1S/C15H18/c1-11-8-6-10-15(13(11)3)14-9-5-4-7-12(14)2/h4-5,7-9H,6,10H2,1-3H3. The molecule has 0 aromatic heterocycles. The molecule has 0 aliphatic heterocycles. The molecule has 0 bridgehead atoms. The van der Waals surface area contributed by atoms with E-state index in [1.807, 2.05) is 0 Å². The monoisotopic (exact) mass is 198 g/mol. The van der Waals surface area contributed by atoms with Crippen LogP contribution in [0.1, 0.15) is 37.8 Å². The van der Waals surface area contributed by atoms with Gasteiger partial charge in [-0.2, -0.15) is 0 Å². The summed E-state index contributed by atoms with van der Waals surface area (Å²) in [5.41, 5.74) is 7.27. The van der Waals surface area contributed by atoms with Crippen molar-refractivity contribution in [3.05, 3.63) is 52.6 Å². The zero-order chi connectivity index (χ0) is 10.8. The van der Waals surface area contributed by atoms with Gasteiger partial charge < -0.3 is 0 Å². The maximum Gasteiger partial charge on any atom is -0.0192 e. The first-order valence-corrected chi connectivity index (χ1v) is 5.63. The quantitative estimate of drug-likeness (QED) is 0.623. The van der Waals surface area contributed by atoms with Crippen molar-refractivity contribution in [3.63, 3.8) is 0 Å². The molecule has 1 aromatic carbocycles. The topological polar surface area (TPSA) is 0 Å². The summed E-state index contributed by atoms with van der Waals surface area (Å²) in [5.74, 6) is 0. The Morgan fingerprint density at radius 2 is 1.73 bits per heavy atom. The van der Waals surface area contributed by atoms with Gasteiger partial charge in [0.15, 0.2) is 0 Å². The summed E-state index contributed by atoms with van der Waals surface area (Å²) in [6, 6.07) is 8.69. The second kappa shape index (κ2) is 4.06. The van der Waals surface area contributed by atoms with E-state index in [1.165, 1.54) is 40.7 Å². The summed E-state index contributed by atoms with van der Waals surface area (Å²) in [7, 11) is 0. The van der Waals surface area contributed by atoms with Crippen molar-refractivity contribution in [3.8, 4) is 0 Å². The predicted molar refractivity (Wildman–Crippen MR) is 66.8 cm³/mol. The summed E-state index contributed by atoms with van der Waals surface area (Å²) in [6.45, 7) is 6.66. The molecule has 0 radical (unpaired) electrons. The fraction of sp³-hybridized carbons (Fsp3) is 0.333. The van der Waals surface area contributed by atoms with Gasteiger partial charge in [-0.3, -0.25) is 0 Å². The Labute approximate surface area is 92.3 Å². The molecule has 0 spiro atoms. The third kappa shape index (κ3) is 1.90. The van der Waals surface area contributed by atoms with Gasteiger partial charge in [-0.15, -0.1) is 0 Å². The van der Waals surface area contributed by atoms with Gasteiger partial charge in [0.05, 0.1) is 0 Å². The SMILES string of the molecule is CC1=CCCC(c2ccccc2C)=C1C. The van der Waals surface area contributed by atoms with Gasteiger partial charge in [-0.1, -0.05) is 35.9 Å². The molecule has 78 valence electrons. The number of benzene rings is 1. The smallest absolute Gasteiger partial charge is 0.0192 e. The van der Waals surface area contributed by atoms with Crippen LogP contribution < -0.4 is 0 Å². The van der Waals surface area contributed by atoms with Gasteiger partial charge >= 0.3 is 0 Å². The van der Waals surface area contributed by atoms with Gasteiger partial charge in [0, 0.05) is 0 Å². The second-order valence-electron chi connectivity index (χ2n) is 4.34. The molecule has 0 fully saturated rings. The molecule has 0 heterocycles. The highest BCUT2D eigenvalue weighted by Gasteiger charge is 2.12. The van der Waals surface area contributed by atoms with Crippen LogP contribution >= 0.6 is 0 Å². The van der Waals surface area contributed by atoms with Crippen LogP contribution in [0.3, 0.4) is 0 Å². The lowest BCUT2D eigenvalue weighted by molar-refractivity contribution is 1.01. The van der Waals surface area contributed by atoms with Gasteiger partial charge in [-0.25, -0.2) is 0 Å². The van der Waals surface area contributed by atoms with Crippen LogP contribution in [0, 0.1) is 6.92 Å². The molecule has 0 atom stereocenters. The Morgan fingerprint density at radius 1 is 1.00 bits per heavy atom. The van der Waals surface area contributed by atoms with E-state index >= 15 is 0 Å². The molecule has 1 aliphatic carbocycles. The number of rotatable bonds is 1. The molecule has 0 saturated heterocycles. The van der Waals surface area contributed by atoms with Crippen LogP contribution in [-0.2, 0) is 0 Å². The van der Waals surface area contributed by atoms with Gasteiger partial charge in [0.25, 0.3) is 0 Å². The van der Waals surface area contributed by atoms with Crippen LogP contribution in [-0.4, -0.2) is 0 Å². The molecule has 2 rings (SSSR count). The molecule has 1 aliphatic rings. The fourth-order valence-corrected chi connectivity index (χ4v) is 2.26. The van der Waals surface area contributed by atoms with E-state index in [9.17, 15) is 0 Å². The van der Waals surface area contributed by atoms with Crippen molar-refractivity contribution >= 4 is 5.57 Å². The van der Waals surface area contributed by atoms with E-state index in [-0.39, 0.29) is 0 Å². The van der Waals surface area contributed by atoms with Crippen molar-refractivity contribution in [1.29, 1.82) is 0 Å². The second-order valence-corrected chi connectivity index (χ2v) is 4.34. The molecule has 0 unspecified atom stereocenters. The van der Waals surface area contributed by atoms with Crippen molar-refractivity contribution in [2.75, 3.05) is 0 Å². The van der Waals surface area contributed by atoms with E-state index in [0.29, 0.717) is 0 Å². The zero-order valence-electron chi connectivity index (χ0n) is 9.80. The van der Waals surface area contributed by atoms with Crippen LogP contribution in [0.25, 0.3) is 5.57 Å². The summed E-state index contributed by atoms with van der Waals surface area (Å²) >= 11 is 0. The largest absolute Gasteiger partial charge is 0.0810 e. The Balaban J connectivity index is 2.52. The Bertz CT molecular complexity index is 433. The third-order valence-electron chi connectivity index (χ3n) is 3.36. The van der Waals surface area contributed by atoms with Crippen LogP contribution in [0.4, 0.5) is 0 Å². The van der Waals surface area contributed by atoms with Crippen molar-refractivity contribution < 1.29 is 0 Å². The van der Waals surface area contributed by atoms with Crippen LogP contribution in [0.5, 0.6) is 0 Å². The highest BCUT2D eigenvalue weighted by molar-refractivity contribution is 5.75. The third-order valence-corrected chi connectivity index (χ3v) is 3.36. The molecule has 0 nitrogen and oxygen atoms in total. The van der Waals surface area contributed by atoms with Gasteiger partial charge in [0.2, 0.25) is 0 Å². The van der Waals surface area contributed by atoms with Gasteiger partial charge in [0.1, 0.15) is 0 Å². The maximum absolute atomic E-state index is 2.34. The van der Waals surface area contributed by atoms with Crippen molar-refractivity contribution in [1.82, 2.24) is 0 Å². The zero-order valence-corrected chi connectivity index (χ0v) is 9.80. The Morgan fingerprint density at radius 3 is 2.47 bits per heavy atom. The summed E-state index contributed by atoms with van der Waals surface area (Å²) < 4.78 is 0. The van der Waals surface area contributed by atoms with Crippen LogP contribution in [0.15, 0.2) is 41.5 Å². The highest BCUT2D eigenvalue weighted by Crippen LogP contribution is 2.33. The fourth-order valence-electron chi connectivity index (χ4n) is 2.26. The lowest BCUT2D eigenvalue weighted by Crippen LogP contribution is -1.98. The van der Waals surface area contributed by atoms with E-state index in [1.54, 1.807) is 0 Å². The Hall–Kier alpha value is -1.30. The maximum atomic E-state index is 2.34. The van der Waals surface area contributed by atoms with E-state index in [0.717, 1.165) is 0 Å². The number of aryl methyl sites for hydroxylation is 1. The molecular formula is C15H18. The average molecular weight is 198 g/mol. The molecular weight excluding hydrogens is 180 g/mol. The summed E-state index contributed by atoms with van der Waals surface area (Å²) in [6.07, 6.45) is 4.72. The minimum absolute atomic E-state index is 1.19. The highest BCUT2D eigenvalue weighted by atomic mass is 14.2. The minimum Gasteiger partial charge on any atom is -0.0810 e. The van der Waals surface area contributed by atoms with E-state index in [4.69, 9.17) is 0 Å². The Kier molecular flexibility index (Phi) is 2.77. The molecule has 0 N–H and O–H groups in total. The first-order chi connectivity index (χ1) is 7.20. The summed E-state index contributed by atoms with van der Waals surface area (Å²) in [4.78, 5) is 0. The lowest BCUT2D eigenvalue weighted by Gasteiger charge is -2.19. The summed E-state index contributed by atoms with van der Waals surface area (Å²) in [5, 5.41) is 0. The lowest BCUT2D eigenvalue weighted by atomic mass is 9.86. The van der Waals surface area contributed by atoms with E-state index in [2.05, 4.69) is 51.1 Å². The average Bonchev–Trinajstić information content (AvgIpc) is 2.23. The first-order valence-electron chi connectivity index (χ1n) is 5.63. The normalized spacial score (nSPS) is 16.6. The molecule has 0 heteroatoms. The number of allylic oxidation sites excluding steroid dienone is 4. The molecule has 1 aromatic rings. The minimum atomic E-state index is 1.19. The number of hydrogen-bond donors (Lipinski definition) is 0. The van der Waals surface area contributed by atoms with Gasteiger partial charge in [-0.05, 0) is 55.9 Å². The van der Waals surface area contributed by atoms with E-state index < -0.39 is 0 Å². The molecule has 0 saturated carbocycles. The predicted octanol–water partition coefficient (Wildman–Crippen LogP) is 4.51. The molecule has 0 amide bonds. The molecule has 15 heavy (non-hydrogen) atoms.